The van der Waals surface area contributed by atoms with E-state index in [-0.39, 0.29) is 5.38 Å². The predicted octanol–water partition coefficient (Wildman–Crippen LogP) is 3.70. The molecule has 1 aromatic rings. The van der Waals surface area contributed by atoms with Crippen molar-refractivity contribution in [2.45, 2.75) is 29.2 Å². The fourth-order valence-electron chi connectivity index (χ4n) is 2.26. The maximum atomic E-state index is 6.41. The Kier molecular flexibility index (Phi) is 3.32. The predicted molar refractivity (Wildman–Crippen MR) is 74.4 cm³/mol. The molecule has 0 amide bonds. The molecule has 2 aliphatic rings. The van der Waals surface area contributed by atoms with E-state index in [1.54, 1.807) is 0 Å². The van der Waals surface area contributed by atoms with Gasteiger partial charge in [0.05, 0.1) is 17.7 Å². The van der Waals surface area contributed by atoms with Crippen LogP contribution in [0.3, 0.4) is 0 Å². The fourth-order valence-corrected chi connectivity index (χ4v) is 3.80. The van der Waals surface area contributed by atoms with Crippen molar-refractivity contribution in [3.63, 3.8) is 0 Å². The lowest BCUT2D eigenvalue weighted by atomic mass is 10.0. The second-order valence-corrected chi connectivity index (χ2v) is 6.02. The third-order valence-corrected chi connectivity index (χ3v) is 4.88. The normalized spacial score (nSPS) is 28.5. The second kappa shape index (κ2) is 4.92. The molecule has 0 saturated carbocycles. The Morgan fingerprint density at radius 2 is 2.06 bits per heavy atom. The summed E-state index contributed by atoms with van der Waals surface area (Å²) in [5.74, 6) is 0. The van der Waals surface area contributed by atoms with Crippen LogP contribution in [0.2, 0.25) is 0 Å². The van der Waals surface area contributed by atoms with Crippen LogP contribution in [0.1, 0.15) is 12.8 Å². The van der Waals surface area contributed by atoms with Crippen LogP contribution in [0.15, 0.2) is 41.3 Å². The van der Waals surface area contributed by atoms with Gasteiger partial charge in [-0.25, -0.2) is 4.31 Å². The van der Waals surface area contributed by atoms with Crippen LogP contribution < -0.4 is 5.32 Å². The number of halogens is 1. The number of fused-ring (bicyclic) bond motifs is 1. The molecule has 1 heterocycles. The third-order valence-electron chi connectivity index (χ3n) is 3.22. The highest BCUT2D eigenvalue weighted by Gasteiger charge is 2.29. The van der Waals surface area contributed by atoms with Gasteiger partial charge in [0.15, 0.2) is 0 Å². The average molecular weight is 267 g/mol. The number of nitrogens with one attached hydrogen (secondary N) is 1. The minimum atomic E-state index is 0.222. The van der Waals surface area contributed by atoms with Crippen LogP contribution in [0.5, 0.6) is 0 Å². The van der Waals surface area contributed by atoms with Gasteiger partial charge in [0.1, 0.15) is 0 Å². The SMILES string of the molecule is ClC1CC=CCC1N1CNc2ccccc2S1. The zero-order valence-electron chi connectivity index (χ0n) is 9.47. The number of hydrogen-bond acceptors (Lipinski definition) is 3. The van der Waals surface area contributed by atoms with Gasteiger partial charge in [0, 0.05) is 10.9 Å². The molecule has 0 saturated heterocycles. The number of benzene rings is 1. The maximum Gasteiger partial charge on any atom is 0.0782 e. The first-order valence-corrected chi connectivity index (χ1v) is 7.12. The van der Waals surface area contributed by atoms with Gasteiger partial charge in [0.25, 0.3) is 0 Å². The van der Waals surface area contributed by atoms with Crippen LogP contribution in [-0.4, -0.2) is 22.4 Å². The van der Waals surface area contributed by atoms with Crippen LogP contribution in [0.4, 0.5) is 5.69 Å². The number of anilines is 1. The number of hydrogen-bond donors (Lipinski definition) is 1. The first kappa shape index (κ1) is 11.5. The molecule has 2 unspecified atom stereocenters. The monoisotopic (exact) mass is 266 g/mol. The molecule has 0 fully saturated rings. The van der Waals surface area contributed by atoms with E-state index >= 15 is 0 Å². The summed E-state index contributed by atoms with van der Waals surface area (Å²) in [6, 6.07) is 8.85. The van der Waals surface area contributed by atoms with E-state index in [0.29, 0.717) is 6.04 Å². The van der Waals surface area contributed by atoms with Crippen molar-refractivity contribution in [2.75, 3.05) is 12.0 Å². The van der Waals surface area contributed by atoms with Crippen molar-refractivity contribution in [2.24, 2.45) is 0 Å². The van der Waals surface area contributed by atoms with Gasteiger partial charge in [-0.2, -0.15) is 0 Å². The largest absolute Gasteiger partial charge is 0.371 e. The lowest BCUT2D eigenvalue weighted by molar-refractivity contribution is 0.347. The first-order valence-electron chi connectivity index (χ1n) is 5.91. The molecule has 2 nitrogen and oxygen atoms in total. The molecule has 2 atom stereocenters. The molecule has 3 rings (SSSR count). The van der Waals surface area contributed by atoms with E-state index in [1.165, 1.54) is 10.6 Å². The molecule has 90 valence electrons. The molecule has 1 aliphatic carbocycles. The summed E-state index contributed by atoms with van der Waals surface area (Å²) in [6.45, 7) is 0.864. The van der Waals surface area contributed by atoms with Crippen LogP contribution >= 0.6 is 23.5 Å². The summed E-state index contributed by atoms with van der Waals surface area (Å²) in [5, 5.41) is 3.67. The average Bonchev–Trinajstić information content (AvgIpc) is 2.39. The van der Waals surface area contributed by atoms with Crippen LogP contribution in [-0.2, 0) is 0 Å². The van der Waals surface area contributed by atoms with Gasteiger partial charge >= 0.3 is 0 Å². The van der Waals surface area contributed by atoms with Gasteiger partial charge in [-0.15, -0.1) is 11.6 Å². The third kappa shape index (κ3) is 2.32. The summed E-state index contributed by atoms with van der Waals surface area (Å²) >= 11 is 8.23. The fraction of sp³-hybridized carbons (Fsp3) is 0.385. The molecule has 0 aromatic heterocycles. The van der Waals surface area contributed by atoms with Crippen molar-refractivity contribution in [3.05, 3.63) is 36.4 Å². The van der Waals surface area contributed by atoms with E-state index in [1.807, 2.05) is 11.9 Å². The molecule has 0 bridgehead atoms. The Hall–Kier alpha value is -0.640. The Morgan fingerprint density at radius 3 is 2.94 bits per heavy atom. The topological polar surface area (TPSA) is 15.3 Å². The maximum absolute atomic E-state index is 6.41. The van der Waals surface area contributed by atoms with Gasteiger partial charge in [-0.05, 0) is 36.9 Å². The van der Waals surface area contributed by atoms with Crippen molar-refractivity contribution in [1.29, 1.82) is 0 Å². The highest BCUT2D eigenvalue weighted by Crippen LogP contribution is 2.38. The summed E-state index contributed by atoms with van der Waals surface area (Å²) in [4.78, 5) is 1.29. The number of para-hydroxylation sites is 1. The standard InChI is InChI=1S/C13H15ClN2S/c14-10-5-1-3-7-12(10)16-9-15-11-6-2-4-8-13(11)17-16/h1-4,6,8,10,12,15H,5,7,9H2. The summed E-state index contributed by atoms with van der Waals surface area (Å²) < 4.78 is 2.36. The number of nitrogens with zero attached hydrogens (tertiary/aromatic N) is 1. The number of allylic oxidation sites excluding steroid dienone is 1. The smallest absolute Gasteiger partial charge is 0.0782 e. The summed E-state index contributed by atoms with van der Waals surface area (Å²) in [6.07, 6.45) is 6.45. The Labute approximate surface area is 111 Å². The zero-order valence-corrected chi connectivity index (χ0v) is 11.0. The van der Waals surface area contributed by atoms with Crippen LogP contribution in [0, 0.1) is 0 Å². The van der Waals surface area contributed by atoms with Gasteiger partial charge in [-0.1, -0.05) is 24.3 Å². The molecular weight excluding hydrogens is 252 g/mol. The molecule has 1 aromatic carbocycles. The number of rotatable bonds is 1. The highest BCUT2D eigenvalue weighted by atomic mass is 35.5. The van der Waals surface area contributed by atoms with E-state index in [9.17, 15) is 0 Å². The van der Waals surface area contributed by atoms with Crippen LogP contribution in [0.25, 0.3) is 0 Å². The van der Waals surface area contributed by atoms with Crippen molar-refractivity contribution in [3.8, 4) is 0 Å². The second-order valence-electron chi connectivity index (χ2n) is 4.37. The Bertz CT molecular complexity index is 435. The Morgan fingerprint density at radius 1 is 1.24 bits per heavy atom. The van der Waals surface area contributed by atoms with E-state index in [0.717, 1.165) is 19.5 Å². The summed E-state index contributed by atoms with van der Waals surface area (Å²) in [5.41, 5.74) is 1.23. The van der Waals surface area contributed by atoms with Gasteiger partial charge in [-0.3, -0.25) is 0 Å². The lowest BCUT2D eigenvalue weighted by Gasteiger charge is -2.37. The van der Waals surface area contributed by atoms with Gasteiger partial charge < -0.3 is 5.32 Å². The Balaban J connectivity index is 1.77. The zero-order chi connectivity index (χ0) is 11.7. The molecular formula is C13H15ClN2S. The minimum Gasteiger partial charge on any atom is -0.371 e. The molecule has 0 radical (unpaired) electrons. The first-order chi connectivity index (χ1) is 8.34. The highest BCUT2D eigenvalue weighted by molar-refractivity contribution is 7.97. The van der Waals surface area contributed by atoms with E-state index < -0.39 is 0 Å². The van der Waals surface area contributed by atoms with Crippen molar-refractivity contribution in [1.82, 2.24) is 4.31 Å². The molecule has 1 N–H and O–H groups in total. The van der Waals surface area contributed by atoms with Crippen molar-refractivity contribution < 1.29 is 0 Å². The molecule has 4 heteroatoms. The molecule has 17 heavy (non-hydrogen) atoms. The molecule has 0 spiro atoms. The number of alkyl halides is 1. The summed E-state index contributed by atoms with van der Waals surface area (Å²) in [7, 11) is 0. The lowest BCUT2D eigenvalue weighted by Crippen LogP contribution is -2.42. The minimum absolute atomic E-state index is 0.222. The van der Waals surface area contributed by atoms with Crippen molar-refractivity contribution >= 4 is 29.2 Å². The van der Waals surface area contributed by atoms with E-state index in [4.69, 9.17) is 11.6 Å². The quantitative estimate of drug-likeness (QED) is 0.474. The van der Waals surface area contributed by atoms with Gasteiger partial charge in [0.2, 0.25) is 0 Å². The van der Waals surface area contributed by atoms with E-state index in [2.05, 4.69) is 46.0 Å². The molecule has 1 aliphatic heterocycles.